The van der Waals surface area contributed by atoms with Crippen LogP contribution in [0, 0.1) is 0 Å². The minimum Gasteiger partial charge on any atom is -0.395 e. The highest BCUT2D eigenvalue weighted by Crippen LogP contribution is 2.36. The second-order valence-electron chi connectivity index (χ2n) is 3.29. The number of alkyl halides is 3. The molecule has 0 aliphatic carbocycles. The van der Waals surface area contributed by atoms with Crippen LogP contribution in [0.15, 0.2) is 18.2 Å². The third-order valence-electron chi connectivity index (χ3n) is 1.93. The van der Waals surface area contributed by atoms with Crippen molar-refractivity contribution in [2.24, 2.45) is 0 Å². The summed E-state index contributed by atoms with van der Waals surface area (Å²) in [7, 11) is 0. The molecule has 0 amide bonds. The molecule has 0 bridgehead atoms. The number of thiocarbonyl (C=S) groups is 1. The van der Waals surface area contributed by atoms with Gasteiger partial charge in [-0.3, -0.25) is 0 Å². The Bertz CT molecular complexity index is 440. The molecule has 1 rings (SSSR count). The second kappa shape index (κ2) is 6.21. The van der Waals surface area contributed by atoms with Crippen LogP contribution in [0.3, 0.4) is 0 Å². The zero-order valence-electron chi connectivity index (χ0n) is 9.01. The third-order valence-corrected chi connectivity index (χ3v) is 2.41. The van der Waals surface area contributed by atoms with Gasteiger partial charge in [0.05, 0.1) is 17.9 Å². The Balaban J connectivity index is 2.92. The topological polar surface area (TPSA) is 44.3 Å². The number of hydrogen-bond acceptors (Lipinski definition) is 2. The minimum atomic E-state index is -4.53. The number of rotatable bonds is 3. The largest absolute Gasteiger partial charge is 0.418 e. The maximum atomic E-state index is 12.7. The van der Waals surface area contributed by atoms with Gasteiger partial charge < -0.3 is 15.7 Å². The predicted octanol–water partition coefficient (Wildman–Crippen LogP) is 2.64. The van der Waals surface area contributed by atoms with E-state index in [1.807, 2.05) is 0 Å². The number of nitrogens with one attached hydrogen (secondary N) is 2. The molecule has 3 N–H and O–H groups in total. The van der Waals surface area contributed by atoms with Gasteiger partial charge in [-0.1, -0.05) is 11.6 Å². The minimum absolute atomic E-state index is 0.00290. The van der Waals surface area contributed by atoms with E-state index in [-0.39, 0.29) is 29.0 Å². The lowest BCUT2D eigenvalue weighted by Crippen LogP contribution is -2.31. The van der Waals surface area contributed by atoms with Crippen LogP contribution in [-0.2, 0) is 6.18 Å². The molecular weight excluding hydrogens is 289 g/mol. The standard InChI is InChI=1S/C10H10ClF3N2OS/c11-6-1-2-8(7(5-6)10(12,13)14)16-9(18)15-3-4-17/h1-2,5,17H,3-4H2,(H2,15,16,18). The monoisotopic (exact) mass is 298 g/mol. The SMILES string of the molecule is OCCNC(=S)Nc1ccc(Cl)cc1C(F)(F)F. The molecule has 0 aromatic heterocycles. The number of hydrogen-bond donors (Lipinski definition) is 3. The molecule has 0 atom stereocenters. The van der Waals surface area contributed by atoms with Crippen molar-refractivity contribution in [1.82, 2.24) is 5.32 Å². The molecule has 0 saturated heterocycles. The fourth-order valence-corrected chi connectivity index (χ4v) is 1.58. The van der Waals surface area contributed by atoms with E-state index in [4.69, 9.17) is 28.9 Å². The highest BCUT2D eigenvalue weighted by Gasteiger charge is 2.33. The van der Waals surface area contributed by atoms with Crippen LogP contribution < -0.4 is 10.6 Å². The molecule has 100 valence electrons. The van der Waals surface area contributed by atoms with Gasteiger partial charge in [0.15, 0.2) is 5.11 Å². The van der Waals surface area contributed by atoms with Crippen LogP contribution in [0.1, 0.15) is 5.56 Å². The van der Waals surface area contributed by atoms with E-state index >= 15 is 0 Å². The van der Waals surface area contributed by atoms with Gasteiger partial charge in [-0.25, -0.2) is 0 Å². The maximum absolute atomic E-state index is 12.7. The van der Waals surface area contributed by atoms with E-state index < -0.39 is 11.7 Å². The zero-order chi connectivity index (χ0) is 13.8. The van der Waals surface area contributed by atoms with Crippen molar-refractivity contribution in [1.29, 1.82) is 0 Å². The van der Waals surface area contributed by atoms with Crippen molar-refractivity contribution in [3.8, 4) is 0 Å². The first-order valence-electron chi connectivity index (χ1n) is 4.87. The summed E-state index contributed by atoms with van der Waals surface area (Å²) in [4.78, 5) is 0. The van der Waals surface area contributed by atoms with Crippen molar-refractivity contribution in [3.05, 3.63) is 28.8 Å². The first-order chi connectivity index (χ1) is 8.34. The van der Waals surface area contributed by atoms with E-state index in [2.05, 4.69) is 10.6 Å². The van der Waals surface area contributed by atoms with Gasteiger partial charge in [0.1, 0.15) is 0 Å². The van der Waals surface area contributed by atoms with Gasteiger partial charge in [-0.2, -0.15) is 13.2 Å². The number of aliphatic hydroxyl groups is 1. The Morgan fingerprint density at radius 1 is 1.39 bits per heavy atom. The highest BCUT2D eigenvalue weighted by molar-refractivity contribution is 7.80. The highest BCUT2D eigenvalue weighted by atomic mass is 35.5. The molecule has 0 radical (unpaired) electrons. The van der Waals surface area contributed by atoms with E-state index in [1.165, 1.54) is 12.1 Å². The molecule has 0 fully saturated rings. The first-order valence-corrected chi connectivity index (χ1v) is 5.65. The molecule has 0 heterocycles. The smallest absolute Gasteiger partial charge is 0.395 e. The molecule has 0 unspecified atom stereocenters. The maximum Gasteiger partial charge on any atom is 0.418 e. The summed E-state index contributed by atoms with van der Waals surface area (Å²) in [5, 5.41) is 13.5. The van der Waals surface area contributed by atoms with E-state index in [1.54, 1.807) is 0 Å². The van der Waals surface area contributed by atoms with Gasteiger partial charge >= 0.3 is 6.18 Å². The fourth-order valence-electron chi connectivity index (χ4n) is 1.20. The molecule has 0 aliphatic rings. The Hall–Kier alpha value is -1.05. The lowest BCUT2D eigenvalue weighted by atomic mass is 10.1. The Morgan fingerprint density at radius 3 is 2.61 bits per heavy atom. The van der Waals surface area contributed by atoms with Crippen LogP contribution in [-0.4, -0.2) is 23.4 Å². The third kappa shape index (κ3) is 4.32. The van der Waals surface area contributed by atoms with Crippen LogP contribution >= 0.6 is 23.8 Å². The molecule has 18 heavy (non-hydrogen) atoms. The summed E-state index contributed by atoms with van der Waals surface area (Å²) in [5.41, 5.74) is -1.09. The van der Waals surface area contributed by atoms with Crippen molar-refractivity contribution in [2.45, 2.75) is 6.18 Å². The average Bonchev–Trinajstić information content (AvgIpc) is 2.27. The summed E-state index contributed by atoms with van der Waals surface area (Å²) >= 11 is 10.3. The summed E-state index contributed by atoms with van der Waals surface area (Å²) in [5.74, 6) is 0. The Kier molecular flexibility index (Phi) is 5.18. The first kappa shape index (κ1) is 15.0. The van der Waals surface area contributed by atoms with Crippen LogP contribution in [0.25, 0.3) is 0 Å². The zero-order valence-corrected chi connectivity index (χ0v) is 10.6. The summed E-state index contributed by atoms with van der Waals surface area (Å²) in [6.07, 6.45) is -4.53. The van der Waals surface area contributed by atoms with Crippen LogP contribution in [0.4, 0.5) is 18.9 Å². The van der Waals surface area contributed by atoms with Gasteiger partial charge in [0.25, 0.3) is 0 Å². The lowest BCUT2D eigenvalue weighted by Gasteiger charge is -2.15. The van der Waals surface area contributed by atoms with Gasteiger partial charge in [0.2, 0.25) is 0 Å². The fraction of sp³-hybridized carbons (Fsp3) is 0.300. The number of halogens is 4. The molecule has 0 spiro atoms. The molecule has 0 aliphatic heterocycles. The Labute approximate surface area is 112 Å². The normalized spacial score (nSPS) is 11.2. The summed E-state index contributed by atoms with van der Waals surface area (Å²) < 4.78 is 38.2. The molecule has 3 nitrogen and oxygen atoms in total. The average molecular weight is 299 g/mol. The van der Waals surface area contributed by atoms with Crippen molar-refractivity contribution in [3.63, 3.8) is 0 Å². The number of anilines is 1. The summed E-state index contributed by atoms with van der Waals surface area (Å²) in [6, 6.07) is 3.34. The van der Waals surface area contributed by atoms with Crippen molar-refractivity contribution >= 4 is 34.6 Å². The van der Waals surface area contributed by atoms with Crippen molar-refractivity contribution in [2.75, 3.05) is 18.5 Å². The molecular formula is C10H10ClF3N2OS. The van der Waals surface area contributed by atoms with Crippen molar-refractivity contribution < 1.29 is 18.3 Å². The summed E-state index contributed by atoms with van der Waals surface area (Å²) in [6.45, 7) is -0.0185. The molecule has 8 heteroatoms. The van der Waals surface area contributed by atoms with Crippen LogP contribution in [0.5, 0.6) is 0 Å². The van der Waals surface area contributed by atoms with E-state index in [0.717, 1.165) is 6.07 Å². The van der Waals surface area contributed by atoms with E-state index in [9.17, 15) is 13.2 Å². The van der Waals surface area contributed by atoms with Gasteiger partial charge in [0, 0.05) is 11.6 Å². The van der Waals surface area contributed by atoms with Crippen LogP contribution in [0.2, 0.25) is 5.02 Å². The lowest BCUT2D eigenvalue weighted by molar-refractivity contribution is -0.136. The van der Waals surface area contributed by atoms with E-state index in [0.29, 0.717) is 0 Å². The number of benzene rings is 1. The van der Waals surface area contributed by atoms with Gasteiger partial charge in [-0.05, 0) is 30.4 Å². The molecule has 1 aromatic carbocycles. The predicted molar refractivity (Wildman–Crippen MR) is 67.8 cm³/mol. The van der Waals surface area contributed by atoms with Gasteiger partial charge in [-0.15, -0.1) is 0 Å². The molecule has 1 aromatic rings. The Morgan fingerprint density at radius 2 is 2.06 bits per heavy atom. The second-order valence-corrected chi connectivity index (χ2v) is 4.14. The number of aliphatic hydroxyl groups excluding tert-OH is 1. The quantitative estimate of drug-likeness (QED) is 0.751. The molecule has 0 saturated carbocycles.